The molecule has 0 aromatic heterocycles. The molecule has 0 unspecified atom stereocenters. The molecule has 3 atom stereocenters. The first-order valence-corrected chi connectivity index (χ1v) is 7.92. The van der Waals surface area contributed by atoms with Gasteiger partial charge in [-0.15, -0.1) is 0 Å². The summed E-state index contributed by atoms with van der Waals surface area (Å²) in [7, 11) is 0. The van der Waals surface area contributed by atoms with E-state index >= 15 is 0 Å². The highest BCUT2D eigenvalue weighted by Crippen LogP contribution is 2.38. The average molecular weight is 316 g/mol. The quantitative estimate of drug-likeness (QED) is 0.629. The second-order valence-electron chi connectivity index (χ2n) is 6.89. The smallest absolute Gasteiger partial charge is 0.373 e. The summed E-state index contributed by atoms with van der Waals surface area (Å²) in [4.78, 5) is 23.3. The van der Waals surface area contributed by atoms with Crippen molar-refractivity contribution in [2.45, 2.75) is 51.7 Å². The summed E-state index contributed by atoms with van der Waals surface area (Å²) in [6.45, 7) is 7.47. The molecule has 0 N–H and O–H groups in total. The number of benzene rings is 1. The van der Waals surface area contributed by atoms with Crippen molar-refractivity contribution in [1.82, 2.24) is 0 Å². The molecule has 1 aromatic carbocycles. The summed E-state index contributed by atoms with van der Waals surface area (Å²) in [5.74, 6) is -0.176. The minimum Gasteiger partial charge on any atom is -0.482 e. The lowest BCUT2D eigenvalue weighted by Crippen LogP contribution is -2.35. The van der Waals surface area contributed by atoms with Crippen molar-refractivity contribution in [3.8, 4) is 0 Å². The van der Waals surface area contributed by atoms with Crippen LogP contribution in [0, 0.1) is 5.92 Å². The highest BCUT2D eigenvalue weighted by molar-refractivity contribution is 5.87. The molecule has 0 spiro atoms. The molecule has 1 aromatic rings. The van der Waals surface area contributed by atoms with E-state index in [2.05, 4.69) is 0 Å². The Bertz CT molecular complexity index is 583. The Kier molecular flexibility index (Phi) is 5.24. The highest BCUT2D eigenvalue weighted by Gasteiger charge is 2.36. The van der Waals surface area contributed by atoms with Crippen molar-refractivity contribution >= 4 is 12.3 Å². The van der Waals surface area contributed by atoms with E-state index < -0.39 is 11.6 Å². The first-order chi connectivity index (χ1) is 10.8. The van der Waals surface area contributed by atoms with Gasteiger partial charge in [-0.2, -0.15) is 0 Å². The SMILES string of the molecule is C[C@@H]1C=C(C(=O)OC(C)(C)C)O[C@H](CC=O)[C@H]1c1ccccc1. The van der Waals surface area contributed by atoms with Crippen molar-refractivity contribution in [1.29, 1.82) is 0 Å². The minimum absolute atomic E-state index is 0.0348. The van der Waals surface area contributed by atoms with Gasteiger partial charge in [-0.05, 0) is 38.3 Å². The largest absolute Gasteiger partial charge is 0.482 e. The molecule has 0 radical (unpaired) electrons. The van der Waals surface area contributed by atoms with E-state index in [4.69, 9.17) is 9.47 Å². The lowest BCUT2D eigenvalue weighted by atomic mass is 9.80. The zero-order chi connectivity index (χ0) is 17.0. The molecule has 0 amide bonds. The van der Waals surface area contributed by atoms with Gasteiger partial charge in [-0.3, -0.25) is 0 Å². The lowest BCUT2D eigenvalue weighted by Gasteiger charge is -2.35. The molecule has 0 saturated carbocycles. The monoisotopic (exact) mass is 316 g/mol. The number of esters is 1. The maximum atomic E-state index is 12.2. The van der Waals surface area contributed by atoms with Gasteiger partial charge < -0.3 is 14.3 Å². The molecule has 0 fully saturated rings. The van der Waals surface area contributed by atoms with Gasteiger partial charge in [0.05, 0.1) is 0 Å². The molecule has 124 valence electrons. The molecular weight excluding hydrogens is 292 g/mol. The topological polar surface area (TPSA) is 52.6 Å². The summed E-state index contributed by atoms with van der Waals surface area (Å²) in [5, 5.41) is 0. The van der Waals surface area contributed by atoms with E-state index in [9.17, 15) is 9.59 Å². The molecule has 1 aliphatic rings. The second kappa shape index (κ2) is 6.99. The van der Waals surface area contributed by atoms with Gasteiger partial charge in [0.2, 0.25) is 5.76 Å². The molecule has 1 heterocycles. The third kappa shape index (κ3) is 4.44. The van der Waals surface area contributed by atoms with Crippen LogP contribution in [0.4, 0.5) is 0 Å². The van der Waals surface area contributed by atoms with Crippen molar-refractivity contribution < 1.29 is 19.1 Å². The Morgan fingerprint density at radius 2 is 1.91 bits per heavy atom. The van der Waals surface area contributed by atoms with E-state index in [0.717, 1.165) is 11.8 Å². The fourth-order valence-corrected chi connectivity index (χ4v) is 2.88. The Morgan fingerprint density at radius 3 is 2.48 bits per heavy atom. The van der Waals surface area contributed by atoms with Crippen LogP contribution in [0.1, 0.15) is 45.6 Å². The average Bonchev–Trinajstić information content (AvgIpc) is 2.46. The summed E-state index contributed by atoms with van der Waals surface area (Å²) in [6, 6.07) is 9.93. The Morgan fingerprint density at radius 1 is 1.26 bits per heavy atom. The number of ether oxygens (including phenoxy) is 2. The van der Waals surface area contributed by atoms with Crippen LogP contribution in [0.3, 0.4) is 0 Å². The third-order valence-electron chi connectivity index (χ3n) is 3.77. The number of rotatable bonds is 4. The van der Waals surface area contributed by atoms with Gasteiger partial charge >= 0.3 is 5.97 Å². The second-order valence-corrected chi connectivity index (χ2v) is 6.89. The van der Waals surface area contributed by atoms with Gasteiger partial charge in [0.1, 0.15) is 18.0 Å². The van der Waals surface area contributed by atoms with E-state index in [1.54, 1.807) is 6.08 Å². The van der Waals surface area contributed by atoms with Crippen LogP contribution < -0.4 is 0 Å². The first-order valence-electron chi connectivity index (χ1n) is 7.92. The molecule has 1 aliphatic heterocycles. The lowest BCUT2D eigenvalue weighted by molar-refractivity contribution is -0.156. The van der Waals surface area contributed by atoms with Crippen LogP contribution in [-0.2, 0) is 19.1 Å². The number of aldehydes is 1. The first kappa shape index (κ1) is 17.3. The predicted molar refractivity (Wildman–Crippen MR) is 87.8 cm³/mol. The molecule has 0 bridgehead atoms. The van der Waals surface area contributed by atoms with Crippen LogP contribution in [0.5, 0.6) is 0 Å². The van der Waals surface area contributed by atoms with Gasteiger partial charge in [0.15, 0.2) is 0 Å². The molecule has 4 heteroatoms. The summed E-state index contributed by atoms with van der Waals surface area (Å²) in [6.07, 6.45) is 2.51. The summed E-state index contributed by atoms with van der Waals surface area (Å²) >= 11 is 0. The van der Waals surface area contributed by atoms with Crippen LogP contribution in [-0.4, -0.2) is 24.0 Å². The minimum atomic E-state index is -0.582. The standard InChI is InChI=1S/C19H24O4/c1-13-12-16(18(21)23-19(2,3)4)22-15(10-11-20)17(13)14-8-6-5-7-9-14/h5-9,11-13,15,17H,10H2,1-4H3/t13-,15-,17-/m1/s1. The van der Waals surface area contributed by atoms with E-state index in [0.29, 0.717) is 0 Å². The van der Waals surface area contributed by atoms with E-state index in [1.165, 1.54) is 0 Å². The molecule has 2 rings (SSSR count). The van der Waals surface area contributed by atoms with E-state index in [1.807, 2.05) is 58.0 Å². The van der Waals surface area contributed by atoms with Gasteiger partial charge in [0.25, 0.3) is 0 Å². The Balaban J connectivity index is 2.27. The van der Waals surface area contributed by atoms with Crippen molar-refractivity contribution in [2.75, 3.05) is 0 Å². The zero-order valence-corrected chi connectivity index (χ0v) is 14.1. The van der Waals surface area contributed by atoms with Crippen molar-refractivity contribution in [2.24, 2.45) is 5.92 Å². The van der Waals surface area contributed by atoms with Crippen LogP contribution in [0.15, 0.2) is 42.2 Å². The molecule has 0 aliphatic carbocycles. The molecule has 23 heavy (non-hydrogen) atoms. The maximum Gasteiger partial charge on any atom is 0.373 e. The predicted octanol–water partition coefficient (Wildman–Crippen LogP) is 3.62. The number of allylic oxidation sites excluding steroid dienone is 1. The Hall–Kier alpha value is -2.10. The Labute approximate surface area is 137 Å². The maximum absolute atomic E-state index is 12.2. The fourth-order valence-electron chi connectivity index (χ4n) is 2.88. The number of hydrogen-bond acceptors (Lipinski definition) is 4. The molecule has 4 nitrogen and oxygen atoms in total. The number of hydrogen-bond donors (Lipinski definition) is 0. The van der Waals surface area contributed by atoms with Gasteiger partial charge in [-0.25, -0.2) is 4.79 Å². The van der Waals surface area contributed by atoms with Crippen LogP contribution >= 0.6 is 0 Å². The van der Waals surface area contributed by atoms with Gasteiger partial charge in [0, 0.05) is 12.3 Å². The van der Waals surface area contributed by atoms with Gasteiger partial charge in [-0.1, -0.05) is 37.3 Å². The van der Waals surface area contributed by atoms with Crippen LogP contribution in [0.25, 0.3) is 0 Å². The third-order valence-corrected chi connectivity index (χ3v) is 3.77. The van der Waals surface area contributed by atoms with Crippen LogP contribution in [0.2, 0.25) is 0 Å². The van der Waals surface area contributed by atoms with Crippen molar-refractivity contribution in [3.05, 3.63) is 47.7 Å². The normalized spacial score (nSPS) is 24.3. The summed E-state index contributed by atoms with van der Waals surface area (Å²) < 4.78 is 11.2. The fraction of sp³-hybridized carbons (Fsp3) is 0.474. The molecule has 0 saturated heterocycles. The summed E-state index contributed by atoms with van der Waals surface area (Å²) in [5.41, 5.74) is 0.521. The highest BCUT2D eigenvalue weighted by atomic mass is 16.6. The zero-order valence-electron chi connectivity index (χ0n) is 14.1. The van der Waals surface area contributed by atoms with E-state index in [-0.39, 0.29) is 30.1 Å². The van der Waals surface area contributed by atoms with Crippen molar-refractivity contribution in [3.63, 3.8) is 0 Å². The molecular formula is C19H24O4. The number of carbonyl (C=O) groups is 2. The number of carbonyl (C=O) groups excluding carboxylic acids is 2.